The first-order valence-corrected chi connectivity index (χ1v) is 14.8. The summed E-state index contributed by atoms with van der Waals surface area (Å²) in [7, 11) is 0. The Bertz CT molecular complexity index is 1450. The van der Waals surface area contributed by atoms with Gasteiger partial charge in [-0.15, -0.1) is 0 Å². The highest BCUT2D eigenvalue weighted by molar-refractivity contribution is 6.31. The van der Waals surface area contributed by atoms with Gasteiger partial charge in [-0.1, -0.05) is 95.2 Å². The number of ketones is 1. The Morgan fingerprint density at radius 1 is 0.634 bits per heavy atom. The van der Waals surface area contributed by atoms with Crippen molar-refractivity contribution in [1.29, 1.82) is 0 Å². The molecular formula is C35H39NO5. The summed E-state index contributed by atoms with van der Waals surface area (Å²) in [6, 6.07) is 16.6. The summed E-state index contributed by atoms with van der Waals surface area (Å²) in [5, 5.41) is 19.3. The largest absolute Gasteiger partial charge is 0.478 e. The fourth-order valence-electron chi connectivity index (χ4n) is 5.42. The molecular weight excluding hydrogens is 514 g/mol. The van der Waals surface area contributed by atoms with Crippen LogP contribution in [0.4, 0.5) is 0 Å². The molecule has 0 heterocycles. The van der Waals surface area contributed by atoms with E-state index in [9.17, 15) is 24.6 Å². The lowest BCUT2D eigenvalue weighted by Crippen LogP contribution is -2.24. The Labute approximate surface area is 242 Å². The lowest BCUT2D eigenvalue weighted by Gasteiger charge is -2.23. The van der Waals surface area contributed by atoms with E-state index in [4.69, 9.17) is 4.99 Å². The molecule has 0 spiro atoms. The van der Waals surface area contributed by atoms with Crippen molar-refractivity contribution >= 4 is 23.4 Å². The van der Waals surface area contributed by atoms with Gasteiger partial charge >= 0.3 is 11.9 Å². The molecule has 2 N–H and O–H groups in total. The van der Waals surface area contributed by atoms with E-state index in [-0.39, 0.29) is 16.9 Å². The number of fused-ring (bicyclic) bond motifs is 2. The van der Waals surface area contributed by atoms with Gasteiger partial charge < -0.3 is 10.2 Å². The van der Waals surface area contributed by atoms with Gasteiger partial charge in [-0.2, -0.15) is 0 Å². The zero-order valence-electron chi connectivity index (χ0n) is 24.0. The maximum Gasteiger partial charge on any atom is 0.336 e. The van der Waals surface area contributed by atoms with Gasteiger partial charge in [0.05, 0.1) is 16.8 Å². The molecule has 0 aliphatic heterocycles. The van der Waals surface area contributed by atoms with Crippen LogP contribution < -0.4 is 0 Å². The van der Waals surface area contributed by atoms with Gasteiger partial charge in [-0.25, -0.2) is 9.59 Å². The minimum absolute atomic E-state index is 0.164. The number of carbonyl (C=O) groups excluding carboxylic acids is 1. The molecule has 0 saturated heterocycles. The minimum atomic E-state index is -1.39. The van der Waals surface area contributed by atoms with Gasteiger partial charge in [-0.05, 0) is 54.2 Å². The number of hydrogen-bond donors (Lipinski definition) is 2. The molecule has 1 aliphatic rings. The predicted octanol–water partition coefficient (Wildman–Crippen LogP) is 8.23. The van der Waals surface area contributed by atoms with Crippen LogP contribution in [0.1, 0.15) is 125 Å². The molecule has 0 atom stereocenters. The maximum absolute atomic E-state index is 13.7. The van der Waals surface area contributed by atoms with Gasteiger partial charge in [-0.3, -0.25) is 9.79 Å². The number of aromatic carboxylic acids is 2. The molecule has 3 aromatic carbocycles. The molecule has 41 heavy (non-hydrogen) atoms. The molecule has 0 fully saturated rings. The molecule has 6 heteroatoms. The standard InChI is InChI=1S/C35H39NO5/c1-3-5-7-8-9-10-11-12-23-13-15-24(16-14-23)25-17-18-26-28(20-25)33(37)29-22-31(35(40)41)30(34(38)39)21-27(29)32(26)36-19-6-4-2/h13-18,20-22H,3-12,19H2,1-2H3,(H,38,39)(H,40,41). The Kier molecular flexibility index (Phi) is 10.2. The van der Waals surface area contributed by atoms with Crippen LogP contribution in [0, 0.1) is 0 Å². The van der Waals surface area contributed by atoms with Crippen LogP contribution in [0.25, 0.3) is 11.1 Å². The predicted molar refractivity (Wildman–Crippen MR) is 163 cm³/mol. The number of benzene rings is 3. The number of aliphatic imine (C=N–C) groups is 1. The third-order valence-electron chi connectivity index (χ3n) is 7.78. The third kappa shape index (κ3) is 6.99. The summed E-state index contributed by atoms with van der Waals surface area (Å²) in [5.41, 5.74) is 4.54. The number of carboxylic acid groups (broad SMARTS) is 2. The number of rotatable bonds is 14. The number of carbonyl (C=O) groups is 3. The SMILES string of the molecule is CCCCCCCCCc1ccc(-c2ccc3c(c2)C(=O)c2cc(C(=O)O)c(C(=O)O)cc2C3=NCCCC)cc1. The minimum Gasteiger partial charge on any atom is -0.478 e. The highest BCUT2D eigenvalue weighted by atomic mass is 16.4. The molecule has 0 amide bonds. The lowest BCUT2D eigenvalue weighted by molar-refractivity contribution is 0.0651. The second kappa shape index (κ2) is 14.0. The first-order valence-electron chi connectivity index (χ1n) is 14.8. The van der Waals surface area contributed by atoms with Crippen LogP contribution in [-0.2, 0) is 6.42 Å². The Morgan fingerprint density at radius 2 is 1.20 bits per heavy atom. The summed E-state index contributed by atoms with van der Waals surface area (Å²) in [4.78, 5) is 42.2. The Hall–Kier alpha value is -4.06. The van der Waals surface area contributed by atoms with E-state index in [2.05, 4.69) is 38.1 Å². The second-order valence-electron chi connectivity index (χ2n) is 10.8. The van der Waals surface area contributed by atoms with Crippen molar-refractivity contribution in [2.45, 2.75) is 78.1 Å². The van der Waals surface area contributed by atoms with E-state index in [1.165, 1.54) is 62.6 Å². The topological polar surface area (TPSA) is 104 Å². The monoisotopic (exact) mass is 553 g/mol. The summed E-state index contributed by atoms with van der Waals surface area (Å²) in [6.45, 7) is 4.81. The summed E-state index contributed by atoms with van der Waals surface area (Å²) >= 11 is 0. The number of hydrogen-bond acceptors (Lipinski definition) is 4. The average Bonchev–Trinajstić information content (AvgIpc) is 2.97. The van der Waals surface area contributed by atoms with Gasteiger partial charge in [0.2, 0.25) is 0 Å². The van der Waals surface area contributed by atoms with Gasteiger partial charge in [0.25, 0.3) is 0 Å². The van der Waals surface area contributed by atoms with E-state index in [0.29, 0.717) is 28.9 Å². The first kappa shape index (κ1) is 29.9. The van der Waals surface area contributed by atoms with Crippen molar-refractivity contribution in [1.82, 2.24) is 0 Å². The van der Waals surface area contributed by atoms with Crippen LogP contribution in [0.15, 0.2) is 59.6 Å². The first-order chi connectivity index (χ1) is 19.8. The zero-order chi connectivity index (χ0) is 29.4. The van der Waals surface area contributed by atoms with E-state index in [1.54, 1.807) is 0 Å². The number of unbranched alkanes of at least 4 members (excludes halogenated alkanes) is 7. The highest BCUT2D eigenvalue weighted by Gasteiger charge is 2.32. The highest BCUT2D eigenvalue weighted by Crippen LogP contribution is 2.33. The molecule has 6 nitrogen and oxygen atoms in total. The van der Waals surface area contributed by atoms with Gasteiger partial charge in [0.1, 0.15) is 0 Å². The van der Waals surface area contributed by atoms with Crippen LogP contribution in [0.2, 0.25) is 0 Å². The van der Waals surface area contributed by atoms with E-state index < -0.39 is 17.5 Å². The van der Waals surface area contributed by atoms with Gasteiger partial charge in [0, 0.05) is 28.8 Å². The van der Waals surface area contributed by atoms with E-state index in [1.807, 2.05) is 18.2 Å². The number of aryl methyl sites for hydroxylation is 1. The van der Waals surface area contributed by atoms with Crippen molar-refractivity contribution in [3.63, 3.8) is 0 Å². The fourth-order valence-corrected chi connectivity index (χ4v) is 5.42. The van der Waals surface area contributed by atoms with Crippen molar-refractivity contribution in [2.75, 3.05) is 6.54 Å². The van der Waals surface area contributed by atoms with Crippen LogP contribution in [0.5, 0.6) is 0 Å². The molecule has 0 aromatic heterocycles. The molecule has 0 unspecified atom stereocenters. The van der Waals surface area contributed by atoms with E-state index >= 15 is 0 Å². The lowest BCUT2D eigenvalue weighted by atomic mass is 9.80. The molecule has 0 radical (unpaired) electrons. The summed E-state index contributed by atoms with van der Waals surface area (Å²) in [5.74, 6) is -3.08. The molecule has 0 saturated carbocycles. The Balaban J connectivity index is 1.62. The number of carboxylic acids is 2. The smallest absolute Gasteiger partial charge is 0.336 e. The van der Waals surface area contributed by atoms with Crippen LogP contribution in [0.3, 0.4) is 0 Å². The van der Waals surface area contributed by atoms with Crippen molar-refractivity contribution < 1.29 is 24.6 Å². The average molecular weight is 554 g/mol. The molecule has 214 valence electrons. The summed E-state index contributed by atoms with van der Waals surface area (Å²) < 4.78 is 0. The fraction of sp³-hybridized carbons (Fsp3) is 0.371. The van der Waals surface area contributed by atoms with Crippen LogP contribution >= 0.6 is 0 Å². The normalized spacial score (nSPS) is 13.2. The molecule has 3 aromatic rings. The van der Waals surface area contributed by atoms with Gasteiger partial charge in [0.15, 0.2) is 5.78 Å². The maximum atomic E-state index is 13.7. The summed E-state index contributed by atoms with van der Waals surface area (Å²) in [6.07, 6.45) is 11.8. The number of nitrogens with zero attached hydrogens (tertiary/aromatic N) is 1. The second-order valence-corrected chi connectivity index (χ2v) is 10.8. The molecule has 1 aliphatic carbocycles. The van der Waals surface area contributed by atoms with Crippen LogP contribution in [-0.4, -0.2) is 40.2 Å². The molecule has 4 rings (SSSR count). The quantitative estimate of drug-likeness (QED) is 0.153. The zero-order valence-corrected chi connectivity index (χ0v) is 24.0. The van der Waals surface area contributed by atoms with Crippen molar-refractivity contribution in [2.24, 2.45) is 4.99 Å². The van der Waals surface area contributed by atoms with Crippen molar-refractivity contribution in [3.8, 4) is 11.1 Å². The molecule has 0 bridgehead atoms. The van der Waals surface area contributed by atoms with E-state index in [0.717, 1.165) is 30.4 Å². The van der Waals surface area contributed by atoms with Crippen molar-refractivity contribution in [3.05, 3.63) is 93.5 Å². The third-order valence-corrected chi connectivity index (χ3v) is 7.78. The Morgan fingerprint density at radius 3 is 1.83 bits per heavy atom.